The van der Waals surface area contributed by atoms with Gasteiger partial charge in [0.1, 0.15) is 5.60 Å². The zero-order valence-corrected chi connectivity index (χ0v) is 9.93. The Morgan fingerprint density at radius 3 is 2.60 bits per heavy atom. The van der Waals surface area contributed by atoms with Gasteiger partial charge in [0.05, 0.1) is 6.42 Å². The molecule has 3 rings (SSSR count). The summed E-state index contributed by atoms with van der Waals surface area (Å²) in [4.78, 5) is 11.7. The Kier molecular flexibility index (Phi) is 2.53. The molecule has 86 valence electrons. The summed E-state index contributed by atoms with van der Waals surface area (Å²) in [6.45, 7) is 7.89. The molecular formula is C12H21NO2. The predicted octanol–water partition coefficient (Wildman–Crippen LogP) is 1.72. The fraction of sp³-hybridized carbons (Fsp3) is 0.917. The quantitative estimate of drug-likeness (QED) is 0.707. The SMILES string of the molecule is CC(C)(C)OC(=O)CC12CNCC(C1)C2. The van der Waals surface area contributed by atoms with E-state index in [1.165, 1.54) is 12.8 Å². The molecule has 0 aromatic rings. The lowest BCUT2D eigenvalue weighted by atomic mass is 9.58. The Hall–Kier alpha value is -0.570. The highest BCUT2D eigenvalue weighted by molar-refractivity contribution is 5.71. The van der Waals surface area contributed by atoms with E-state index in [9.17, 15) is 4.79 Å². The molecular weight excluding hydrogens is 190 g/mol. The standard InChI is InChI=1S/C12H21NO2/c1-11(2,3)15-10(14)6-12-4-9(5-12)7-13-8-12/h9,13H,4-8H2,1-3H3. The summed E-state index contributed by atoms with van der Waals surface area (Å²) in [6.07, 6.45) is 3.01. The minimum absolute atomic E-state index is 0.0374. The molecule has 2 bridgehead atoms. The van der Waals surface area contributed by atoms with Crippen LogP contribution in [0.2, 0.25) is 0 Å². The van der Waals surface area contributed by atoms with Crippen molar-refractivity contribution in [2.45, 2.75) is 45.6 Å². The minimum Gasteiger partial charge on any atom is -0.460 e. The van der Waals surface area contributed by atoms with Crippen LogP contribution in [0.3, 0.4) is 0 Å². The Labute approximate surface area is 91.6 Å². The molecule has 0 spiro atoms. The Morgan fingerprint density at radius 2 is 2.13 bits per heavy atom. The van der Waals surface area contributed by atoms with Crippen LogP contribution in [0.1, 0.15) is 40.0 Å². The van der Waals surface area contributed by atoms with Gasteiger partial charge in [0, 0.05) is 6.54 Å². The third-order valence-corrected chi connectivity index (χ3v) is 3.32. The van der Waals surface area contributed by atoms with Gasteiger partial charge >= 0.3 is 5.97 Å². The van der Waals surface area contributed by atoms with Crippen LogP contribution in [0.25, 0.3) is 0 Å². The summed E-state index contributed by atoms with van der Waals surface area (Å²) in [7, 11) is 0. The number of rotatable bonds is 2. The van der Waals surface area contributed by atoms with Crippen molar-refractivity contribution in [3.05, 3.63) is 0 Å². The number of ether oxygens (including phenoxy) is 1. The smallest absolute Gasteiger partial charge is 0.306 e. The van der Waals surface area contributed by atoms with Crippen LogP contribution in [0.15, 0.2) is 0 Å². The van der Waals surface area contributed by atoms with Crippen LogP contribution < -0.4 is 5.32 Å². The molecule has 1 saturated carbocycles. The van der Waals surface area contributed by atoms with Crippen LogP contribution >= 0.6 is 0 Å². The van der Waals surface area contributed by atoms with Gasteiger partial charge in [0.2, 0.25) is 0 Å². The first-order valence-electron chi connectivity index (χ1n) is 5.81. The number of hydrogen-bond donors (Lipinski definition) is 1. The lowest BCUT2D eigenvalue weighted by Gasteiger charge is -2.52. The summed E-state index contributed by atoms with van der Waals surface area (Å²) >= 11 is 0. The van der Waals surface area contributed by atoms with Crippen LogP contribution in [-0.2, 0) is 9.53 Å². The molecule has 0 amide bonds. The van der Waals surface area contributed by atoms with Gasteiger partial charge < -0.3 is 10.1 Å². The monoisotopic (exact) mass is 211 g/mol. The van der Waals surface area contributed by atoms with E-state index >= 15 is 0 Å². The van der Waals surface area contributed by atoms with E-state index in [4.69, 9.17) is 4.74 Å². The zero-order chi connectivity index (χ0) is 11.1. The molecule has 0 atom stereocenters. The second-order valence-electron chi connectivity index (χ2n) is 6.17. The lowest BCUT2D eigenvalue weighted by molar-refractivity contribution is -0.161. The van der Waals surface area contributed by atoms with Gasteiger partial charge in [-0.3, -0.25) is 4.79 Å². The fourth-order valence-electron chi connectivity index (χ4n) is 2.89. The maximum atomic E-state index is 11.7. The lowest BCUT2D eigenvalue weighted by Crippen LogP contribution is -2.55. The van der Waals surface area contributed by atoms with Gasteiger partial charge in [-0.2, -0.15) is 0 Å². The molecule has 0 aromatic heterocycles. The minimum atomic E-state index is -0.348. The largest absolute Gasteiger partial charge is 0.460 e. The highest BCUT2D eigenvalue weighted by atomic mass is 16.6. The second-order valence-corrected chi connectivity index (χ2v) is 6.17. The summed E-state index contributed by atoms with van der Waals surface area (Å²) < 4.78 is 5.36. The van der Waals surface area contributed by atoms with E-state index in [0.29, 0.717) is 6.42 Å². The van der Waals surface area contributed by atoms with Crippen molar-refractivity contribution in [1.29, 1.82) is 0 Å². The van der Waals surface area contributed by atoms with E-state index in [1.807, 2.05) is 20.8 Å². The Bertz CT molecular complexity index is 256. The van der Waals surface area contributed by atoms with Crippen LogP contribution in [-0.4, -0.2) is 24.7 Å². The van der Waals surface area contributed by atoms with Crippen molar-refractivity contribution in [1.82, 2.24) is 5.32 Å². The summed E-state index contributed by atoms with van der Waals surface area (Å²) in [5.74, 6) is 0.769. The van der Waals surface area contributed by atoms with Crippen LogP contribution in [0.5, 0.6) is 0 Å². The van der Waals surface area contributed by atoms with Crippen LogP contribution in [0, 0.1) is 11.3 Å². The van der Waals surface area contributed by atoms with E-state index in [-0.39, 0.29) is 17.0 Å². The summed E-state index contributed by atoms with van der Waals surface area (Å²) in [6, 6.07) is 0. The zero-order valence-electron chi connectivity index (χ0n) is 9.93. The third-order valence-electron chi connectivity index (χ3n) is 3.32. The average Bonchev–Trinajstić information content (AvgIpc) is 1.98. The molecule has 15 heavy (non-hydrogen) atoms. The number of carbonyl (C=O) groups is 1. The number of piperidine rings is 2. The molecule has 3 heteroatoms. The molecule has 3 aliphatic rings. The highest BCUT2D eigenvalue weighted by Crippen LogP contribution is 2.50. The first-order chi connectivity index (χ1) is 6.89. The number of carbonyl (C=O) groups excluding carboxylic acids is 1. The average molecular weight is 211 g/mol. The molecule has 0 radical (unpaired) electrons. The predicted molar refractivity (Wildman–Crippen MR) is 58.5 cm³/mol. The number of hydrogen-bond acceptors (Lipinski definition) is 3. The summed E-state index contributed by atoms with van der Waals surface area (Å²) in [5, 5.41) is 3.39. The van der Waals surface area contributed by atoms with E-state index in [2.05, 4.69) is 5.32 Å². The fourth-order valence-corrected chi connectivity index (χ4v) is 2.89. The number of esters is 1. The molecule has 3 nitrogen and oxygen atoms in total. The topological polar surface area (TPSA) is 38.3 Å². The van der Waals surface area contributed by atoms with E-state index < -0.39 is 0 Å². The number of fused-ring (bicyclic) bond motifs is 2. The normalized spacial score (nSPS) is 34.5. The molecule has 0 aromatic carbocycles. The van der Waals surface area contributed by atoms with Gasteiger partial charge in [-0.1, -0.05) is 0 Å². The van der Waals surface area contributed by atoms with Crippen molar-refractivity contribution in [3.8, 4) is 0 Å². The molecule has 0 unspecified atom stereocenters. The van der Waals surface area contributed by atoms with Gasteiger partial charge in [-0.25, -0.2) is 0 Å². The van der Waals surface area contributed by atoms with Crippen molar-refractivity contribution >= 4 is 5.97 Å². The van der Waals surface area contributed by atoms with Gasteiger partial charge in [-0.05, 0) is 51.5 Å². The first kappa shape index (κ1) is 10.9. The highest BCUT2D eigenvalue weighted by Gasteiger charge is 2.48. The molecule has 3 fully saturated rings. The van der Waals surface area contributed by atoms with Gasteiger partial charge in [-0.15, -0.1) is 0 Å². The molecule has 2 heterocycles. The van der Waals surface area contributed by atoms with E-state index in [0.717, 1.165) is 19.0 Å². The van der Waals surface area contributed by atoms with Crippen LogP contribution in [0.4, 0.5) is 0 Å². The first-order valence-corrected chi connectivity index (χ1v) is 5.81. The maximum absolute atomic E-state index is 11.7. The molecule has 1 N–H and O–H groups in total. The van der Waals surface area contributed by atoms with Crippen molar-refractivity contribution in [2.75, 3.05) is 13.1 Å². The maximum Gasteiger partial charge on any atom is 0.306 e. The Morgan fingerprint density at radius 1 is 1.47 bits per heavy atom. The van der Waals surface area contributed by atoms with Crippen molar-refractivity contribution in [3.63, 3.8) is 0 Å². The van der Waals surface area contributed by atoms with Gasteiger partial charge in [0.15, 0.2) is 0 Å². The van der Waals surface area contributed by atoms with E-state index in [1.54, 1.807) is 0 Å². The number of nitrogens with one attached hydrogen (secondary N) is 1. The molecule has 2 aliphatic heterocycles. The van der Waals surface area contributed by atoms with Crippen molar-refractivity contribution < 1.29 is 9.53 Å². The Balaban J connectivity index is 1.84. The van der Waals surface area contributed by atoms with Crippen molar-refractivity contribution in [2.24, 2.45) is 11.3 Å². The molecule has 1 aliphatic carbocycles. The molecule has 2 saturated heterocycles. The summed E-state index contributed by atoms with van der Waals surface area (Å²) in [5.41, 5.74) is -0.121. The second kappa shape index (κ2) is 3.48. The van der Waals surface area contributed by atoms with Gasteiger partial charge in [0.25, 0.3) is 0 Å². The third kappa shape index (κ3) is 2.51.